The van der Waals surface area contributed by atoms with Gasteiger partial charge in [-0.05, 0) is 12.2 Å². The molecule has 0 aromatic carbocycles. The Morgan fingerprint density at radius 1 is 1.50 bits per heavy atom. The molecule has 0 aliphatic rings. The molecule has 0 aliphatic heterocycles. The standard InChI is InChI=1S/C5H4N4S/c10-5-8-7-2-4-1-6-3-9(4)5/h1-3H,(H,8,10). The second kappa shape index (κ2) is 1.88. The van der Waals surface area contributed by atoms with E-state index < -0.39 is 0 Å². The van der Waals surface area contributed by atoms with E-state index in [-0.39, 0.29) is 0 Å². The molecule has 1 N–H and O–H groups in total. The lowest BCUT2D eigenvalue weighted by atomic mass is 10.6. The Balaban J connectivity index is 3.09. The van der Waals surface area contributed by atoms with Gasteiger partial charge in [-0.1, -0.05) is 0 Å². The molecule has 0 saturated heterocycles. The minimum atomic E-state index is 0.565. The van der Waals surface area contributed by atoms with Gasteiger partial charge in [0.15, 0.2) is 4.77 Å². The number of aromatic nitrogens is 4. The van der Waals surface area contributed by atoms with Crippen LogP contribution < -0.4 is 0 Å². The zero-order valence-corrected chi connectivity index (χ0v) is 5.80. The van der Waals surface area contributed by atoms with Gasteiger partial charge in [-0.2, -0.15) is 5.10 Å². The van der Waals surface area contributed by atoms with Gasteiger partial charge in [-0.3, -0.25) is 9.50 Å². The molecule has 10 heavy (non-hydrogen) atoms. The summed E-state index contributed by atoms with van der Waals surface area (Å²) in [5, 5.41) is 6.44. The number of nitrogens with one attached hydrogen (secondary N) is 1. The maximum Gasteiger partial charge on any atom is 0.199 e. The van der Waals surface area contributed by atoms with E-state index in [0.29, 0.717) is 4.77 Å². The first kappa shape index (κ1) is 5.55. The molecule has 0 spiro atoms. The number of fused-ring (bicyclic) bond motifs is 1. The van der Waals surface area contributed by atoms with E-state index in [1.165, 1.54) is 0 Å². The van der Waals surface area contributed by atoms with E-state index in [9.17, 15) is 0 Å². The smallest absolute Gasteiger partial charge is 0.199 e. The van der Waals surface area contributed by atoms with Gasteiger partial charge < -0.3 is 0 Å². The number of imidazole rings is 1. The summed E-state index contributed by atoms with van der Waals surface area (Å²) in [5.41, 5.74) is 0.906. The summed E-state index contributed by atoms with van der Waals surface area (Å²) in [6.07, 6.45) is 5.02. The fourth-order valence-electron chi connectivity index (χ4n) is 0.778. The van der Waals surface area contributed by atoms with Gasteiger partial charge in [-0.25, -0.2) is 4.98 Å². The topological polar surface area (TPSA) is 46.0 Å². The first-order valence-corrected chi connectivity index (χ1v) is 3.14. The summed E-state index contributed by atoms with van der Waals surface area (Å²) >= 11 is 4.91. The van der Waals surface area contributed by atoms with Gasteiger partial charge in [-0.15, -0.1) is 0 Å². The third-order valence-corrected chi connectivity index (χ3v) is 1.53. The molecule has 0 bridgehead atoms. The first-order chi connectivity index (χ1) is 4.88. The fraction of sp³-hybridized carbons (Fsp3) is 0. The van der Waals surface area contributed by atoms with Crippen LogP contribution in [0.4, 0.5) is 0 Å². The van der Waals surface area contributed by atoms with Crippen LogP contribution in [0.1, 0.15) is 0 Å². The third kappa shape index (κ3) is 0.640. The fourth-order valence-corrected chi connectivity index (χ4v) is 0.983. The quantitative estimate of drug-likeness (QED) is 0.567. The lowest BCUT2D eigenvalue weighted by Gasteiger charge is -1.88. The summed E-state index contributed by atoms with van der Waals surface area (Å²) in [6, 6.07) is 0. The van der Waals surface area contributed by atoms with Crippen LogP contribution >= 0.6 is 12.2 Å². The Bertz CT molecular complexity index is 401. The normalized spacial score (nSPS) is 10.4. The zero-order chi connectivity index (χ0) is 6.97. The highest BCUT2D eigenvalue weighted by Crippen LogP contribution is 1.96. The maximum absolute atomic E-state index is 4.91. The average Bonchev–Trinajstić information content (AvgIpc) is 2.36. The molecule has 0 saturated carbocycles. The monoisotopic (exact) mass is 152 g/mol. The molecule has 2 aromatic heterocycles. The van der Waals surface area contributed by atoms with E-state index in [0.717, 1.165) is 5.52 Å². The molecular formula is C5H4N4S. The van der Waals surface area contributed by atoms with Crippen LogP contribution in [0.15, 0.2) is 18.7 Å². The predicted octanol–water partition coefficient (Wildman–Crippen LogP) is 0.787. The Kier molecular flexibility index (Phi) is 1.04. The van der Waals surface area contributed by atoms with Crippen molar-refractivity contribution < 1.29 is 0 Å². The van der Waals surface area contributed by atoms with Crippen molar-refractivity contribution in [2.24, 2.45) is 0 Å². The van der Waals surface area contributed by atoms with Crippen molar-refractivity contribution in [3.63, 3.8) is 0 Å². The largest absolute Gasteiger partial charge is 0.273 e. The van der Waals surface area contributed by atoms with E-state index in [1.807, 2.05) is 0 Å². The number of hydrogen-bond donors (Lipinski definition) is 1. The third-order valence-electron chi connectivity index (χ3n) is 1.24. The van der Waals surface area contributed by atoms with Gasteiger partial charge in [0.1, 0.15) is 6.33 Å². The van der Waals surface area contributed by atoms with Crippen LogP contribution in [-0.2, 0) is 0 Å². The van der Waals surface area contributed by atoms with E-state index >= 15 is 0 Å². The molecule has 50 valence electrons. The molecule has 0 aliphatic carbocycles. The molecule has 2 aromatic rings. The number of H-pyrrole nitrogens is 1. The van der Waals surface area contributed by atoms with Crippen LogP contribution in [0.5, 0.6) is 0 Å². The van der Waals surface area contributed by atoms with Crippen molar-refractivity contribution >= 4 is 17.7 Å². The van der Waals surface area contributed by atoms with Gasteiger partial charge in [0.25, 0.3) is 0 Å². The van der Waals surface area contributed by atoms with E-state index in [2.05, 4.69) is 15.2 Å². The Morgan fingerprint density at radius 3 is 3.20 bits per heavy atom. The summed E-state index contributed by atoms with van der Waals surface area (Å²) in [7, 11) is 0. The van der Waals surface area contributed by atoms with Crippen LogP contribution in [0, 0.1) is 4.77 Å². The van der Waals surface area contributed by atoms with Crippen LogP contribution in [0.25, 0.3) is 5.52 Å². The van der Waals surface area contributed by atoms with Crippen molar-refractivity contribution in [3.05, 3.63) is 23.5 Å². The van der Waals surface area contributed by atoms with Crippen molar-refractivity contribution in [1.29, 1.82) is 0 Å². The Morgan fingerprint density at radius 2 is 2.40 bits per heavy atom. The van der Waals surface area contributed by atoms with Crippen molar-refractivity contribution in [1.82, 2.24) is 19.6 Å². The number of aromatic amines is 1. The minimum Gasteiger partial charge on any atom is -0.273 e. The van der Waals surface area contributed by atoms with Gasteiger partial charge in [0.2, 0.25) is 0 Å². The summed E-state index contributed by atoms with van der Waals surface area (Å²) in [5.74, 6) is 0. The number of hydrogen-bond acceptors (Lipinski definition) is 3. The summed E-state index contributed by atoms with van der Waals surface area (Å²) in [4.78, 5) is 3.90. The highest BCUT2D eigenvalue weighted by molar-refractivity contribution is 7.71. The number of rotatable bonds is 0. The summed E-state index contributed by atoms with van der Waals surface area (Å²) < 4.78 is 2.32. The van der Waals surface area contributed by atoms with E-state index in [4.69, 9.17) is 12.2 Å². The molecule has 0 amide bonds. The van der Waals surface area contributed by atoms with Crippen LogP contribution in [0.2, 0.25) is 0 Å². The van der Waals surface area contributed by atoms with Gasteiger partial charge >= 0.3 is 0 Å². The Labute approximate surface area is 61.5 Å². The second-order valence-corrected chi connectivity index (χ2v) is 2.25. The molecule has 5 heteroatoms. The zero-order valence-electron chi connectivity index (χ0n) is 4.98. The van der Waals surface area contributed by atoms with E-state index in [1.54, 1.807) is 23.1 Å². The van der Waals surface area contributed by atoms with Crippen molar-refractivity contribution in [3.8, 4) is 0 Å². The Hall–Kier alpha value is -1.23. The van der Waals surface area contributed by atoms with Crippen LogP contribution in [0.3, 0.4) is 0 Å². The molecule has 2 rings (SSSR count). The molecule has 0 atom stereocenters. The second-order valence-electron chi connectivity index (χ2n) is 1.86. The van der Waals surface area contributed by atoms with Crippen molar-refractivity contribution in [2.45, 2.75) is 0 Å². The molecule has 2 heterocycles. The van der Waals surface area contributed by atoms with Gasteiger partial charge in [0.05, 0.1) is 17.9 Å². The highest BCUT2D eigenvalue weighted by Gasteiger charge is 1.90. The SMILES string of the molecule is S=c1[nH]ncc2cncn12. The predicted molar refractivity (Wildman–Crippen MR) is 38.2 cm³/mol. The maximum atomic E-state index is 4.91. The first-order valence-electron chi connectivity index (χ1n) is 2.74. The molecular weight excluding hydrogens is 148 g/mol. The molecule has 0 fully saturated rings. The van der Waals surface area contributed by atoms with Crippen molar-refractivity contribution in [2.75, 3.05) is 0 Å². The molecule has 4 nitrogen and oxygen atoms in total. The highest BCUT2D eigenvalue weighted by atomic mass is 32.1. The lowest BCUT2D eigenvalue weighted by Crippen LogP contribution is -1.89. The molecule has 0 unspecified atom stereocenters. The minimum absolute atomic E-state index is 0.565. The lowest BCUT2D eigenvalue weighted by molar-refractivity contribution is 0.922. The van der Waals surface area contributed by atoms with Gasteiger partial charge in [0, 0.05) is 0 Å². The molecule has 0 radical (unpaired) electrons. The average molecular weight is 152 g/mol. The van der Waals surface area contributed by atoms with Crippen LogP contribution in [-0.4, -0.2) is 19.6 Å². The summed E-state index contributed by atoms with van der Waals surface area (Å²) in [6.45, 7) is 0. The number of nitrogens with zero attached hydrogens (tertiary/aromatic N) is 3.